The number of rotatable bonds is 5. The van der Waals surface area contributed by atoms with Crippen LogP contribution in [0.5, 0.6) is 0 Å². The number of amides is 1. The highest BCUT2D eigenvalue weighted by Gasteiger charge is 2.16. The Morgan fingerprint density at radius 3 is 2.72 bits per heavy atom. The molecule has 3 aromatic rings. The molecule has 0 aliphatic carbocycles. The van der Waals surface area contributed by atoms with Crippen LogP contribution in [0.4, 0.5) is 11.5 Å². The molecule has 1 aromatic carbocycles. The number of thiazole rings is 1. The Morgan fingerprint density at radius 1 is 1.28 bits per heavy atom. The van der Waals surface area contributed by atoms with Crippen LogP contribution in [-0.2, 0) is 6.54 Å². The Morgan fingerprint density at radius 2 is 2.04 bits per heavy atom. The predicted octanol–water partition coefficient (Wildman–Crippen LogP) is 4.50. The van der Waals surface area contributed by atoms with Gasteiger partial charge in [0.1, 0.15) is 5.82 Å². The van der Waals surface area contributed by atoms with Crippen LogP contribution < -0.4 is 10.2 Å². The summed E-state index contributed by atoms with van der Waals surface area (Å²) in [6, 6.07) is 11.0. The fraction of sp³-hybridized carbons (Fsp3) is 0.167. The van der Waals surface area contributed by atoms with Crippen molar-refractivity contribution in [2.75, 3.05) is 17.3 Å². The van der Waals surface area contributed by atoms with Crippen molar-refractivity contribution in [2.24, 2.45) is 0 Å². The van der Waals surface area contributed by atoms with Gasteiger partial charge in [0.15, 0.2) is 0 Å². The summed E-state index contributed by atoms with van der Waals surface area (Å²) in [5, 5.41) is 5.96. The van der Waals surface area contributed by atoms with Crippen LogP contribution in [0.2, 0.25) is 0 Å². The number of hydrogen-bond acceptors (Lipinski definition) is 5. The molecule has 0 aliphatic heterocycles. The van der Waals surface area contributed by atoms with E-state index in [-0.39, 0.29) is 5.91 Å². The van der Waals surface area contributed by atoms with Crippen molar-refractivity contribution >= 4 is 44.7 Å². The maximum atomic E-state index is 12.7. The van der Waals surface area contributed by atoms with Crippen LogP contribution in [0.3, 0.4) is 0 Å². The van der Waals surface area contributed by atoms with E-state index < -0.39 is 0 Å². The maximum Gasteiger partial charge on any atom is 0.259 e. The quantitative estimate of drug-likeness (QED) is 0.664. The number of nitrogens with one attached hydrogen (secondary N) is 1. The molecule has 7 heteroatoms. The summed E-state index contributed by atoms with van der Waals surface area (Å²) < 4.78 is 0.964. The minimum Gasteiger partial charge on any atom is -0.353 e. The summed E-state index contributed by atoms with van der Waals surface area (Å²) in [5.74, 6) is 0.439. The lowest BCUT2D eigenvalue weighted by Gasteiger charge is -2.19. The Kier molecular flexibility index (Phi) is 5.45. The molecule has 3 rings (SSSR count). The molecule has 2 heterocycles. The normalized spacial score (nSPS) is 10.5. The second-order valence-electron chi connectivity index (χ2n) is 5.55. The highest BCUT2D eigenvalue weighted by atomic mass is 79.9. The van der Waals surface area contributed by atoms with Crippen molar-refractivity contribution in [3.05, 3.63) is 68.7 Å². The number of nitrogens with zero attached hydrogens (tertiary/aromatic N) is 3. The summed E-state index contributed by atoms with van der Waals surface area (Å²) in [6.45, 7) is 2.58. The van der Waals surface area contributed by atoms with E-state index in [9.17, 15) is 4.79 Å². The zero-order valence-electron chi connectivity index (χ0n) is 13.9. The standard InChI is InChI=1S/C18H17BrN4OS/c1-12-21-15(11-25-12)10-23(2)17-16(4-3-9-20-17)18(24)22-14-7-5-13(19)6-8-14/h3-9,11H,10H2,1-2H3,(H,22,24). The molecule has 0 bridgehead atoms. The number of pyridine rings is 1. The average molecular weight is 417 g/mol. The number of halogens is 1. The number of carbonyl (C=O) groups excluding carboxylic acids is 1. The van der Waals surface area contributed by atoms with Crippen molar-refractivity contribution in [3.63, 3.8) is 0 Å². The summed E-state index contributed by atoms with van der Waals surface area (Å²) in [6.07, 6.45) is 1.69. The first kappa shape index (κ1) is 17.6. The van der Waals surface area contributed by atoms with E-state index >= 15 is 0 Å². The molecule has 2 aromatic heterocycles. The SMILES string of the molecule is Cc1nc(CN(C)c2ncccc2C(=O)Nc2ccc(Br)cc2)cs1. The summed E-state index contributed by atoms with van der Waals surface area (Å²) in [7, 11) is 1.91. The Hall–Kier alpha value is -2.25. The zero-order valence-corrected chi connectivity index (χ0v) is 16.3. The second kappa shape index (κ2) is 7.76. The van der Waals surface area contributed by atoms with Gasteiger partial charge in [0, 0.05) is 28.8 Å². The molecule has 1 amide bonds. The van der Waals surface area contributed by atoms with E-state index in [1.54, 1.807) is 29.7 Å². The van der Waals surface area contributed by atoms with Crippen LogP contribution >= 0.6 is 27.3 Å². The number of carbonyl (C=O) groups is 1. The van der Waals surface area contributed by atoms with Crippen LogP contribution in [0.1, 0.15) is 21.1 Å². The van der Waals surface area contributed by atoms with Crippen molar-refractivity contribution in [3.8, 4) is 0 Å². The lowest BCUT2D eigenvalue weighted by Crippen LogP contribution is -2.23. The predicted molar refractivity (Wildman–Crippen MR) is 105 cm³/mol. The molecule has 0 spiro atoms. The largest absolute Gasteiger partial charge is 0.353 e. The van der Waals surface area contributed by atoms with Gasteiger partial charge < -0.3 is 10.2 Å². The molecule has 0 fully saturated rings. The van der Waals surface area contributed by atoms with Crippen LogP contribution in [-0.4, -0.2) is 22.9 Å². The molecule has 0 radical (unpaired) electrons. The van der Waals surface area contributed by atoms with Crippen LogP contribution in [0, 0.1) is 6.92 Å². The van der Waals surface area contributed by atoms with Gasteiger partial charge in [-0.3, -0.25) is 4.79 Å². The van der Waals surface area contributed by atoms with Gasteiger partial charge in [-0.15, -0.1) is 11.3 Å². The van der Waals surface area contributed by atoms with Crippen molar-refractivity contribution in [2.45, 2.75) is 13.5 Å². The molecule has 0 saturated carbocycles. The molecular formula is C18H17BrN4OS. The maximum absolute atomic E-state index is 12.7. The van der Waals surface area contributed by atoms with Gasteiger partial charge in [-0.1, -0.05) is 15.9 Å². The van der Waals surface area contributed by atoms with Crippen molar-refractivity contribution in [1.82, 2.24) is 9.97 Å². The highest BCUT2D eigenvalue weighted by molar-refractivity contribution is 9.10. The molecular weight excluding hydrogens is 400 g/mol. The van der Waals surface area contributed by atoms with E-state index in [1.807, 2.05) is 48.5 Å². The fourth-order valence-electron chi connectivity index (χ4n) is 2.41. The zero-order chi connectivity index (χ0) is 17.8. The van der Waals surface area contributed by atoms with E-state index in [0.29, 0.717) is 17.9 Å². The number of hydrogen-bond donors (Lipinski definition) is 1. The third-order valence-electron chi connectivity index (χ3n) is 3.56. The monoisotopic (exact) mass is 416 g/mol. The minimum atomic E-state index is -0.188. The van der Waals surface area contributed by atoms with Gasteiger partial charge >= 0.3 is 0 Å². The molecule has 0 saturated heterocycles. The first-order valence-corrected chi connectivity index (χ1v) is 9.34. The Bertz CT molecular complexity index is 879. The van der Waals surface area contributed by atoms with E-state index in [2.05, 4.69) is 31.2 Å². The summed E-state index contributed by atoms with van der Waals surface area (Å²) in [5.41, 5.74) is 2.23. The van der Waals surface area contributed by atoms with Gasteiger partial charge in [0.25, 0.3) is 5.91 Å². The first-order chi connectivity index (χ1) is 12.0. The molecule has 0 unspecified atom stereocenters. The second-order valence-corrected chi connectivity index (χ2v) is 7.53. The lowest BCUT2D eigenvalue weighted by atomic mass is 10.2. The third-order valence-corrected chi connectivity index (χ3v) is 4.91. The topological polar surface area (TPSA) is 58.1 Å². The first-order valence-electron chi connectivity index (χ1n) is 7.67. The van der Waals surface area contributed by atoms with Gasteiger partial charge in [-0.25, -0.2) is 9.97 Å². The van der Waals surface area contributed by atoms with E-state index in [1.165, 1.54) is 0 Å². The van der Waals surface area contributed by atoms with Crippen LogP contribution in [0.25, 0.3) is 0 Å². The van der Waals surface area contributed by atoms with Gasteiger partial charge in [-0.05, 0) is 43.3 Å². The van der Waals surface area contributed by atoms with E-state index in [0.717, 1.165) is 20.9 Å². The third kappa shape index (κ3) is 4.43. The molecule has 5 nitrogen and oxygen atoms in total. The number of benzene rings is 1. The van der Waals surface area contributed by atoms with Gasteiger partial charge in [-0.2, -0.15) is 0 Å². The smallest absolute Gasteiger partial charge is 0.259 e. The minimum absolute atomic E-state index is 0.188. The molecule has 1 N–H and O–H groups in total. The van der Waals surface area contributed by atoms with Crippen LogP contribution in [0.15, 0.2) is 52.4 Å². The summed E-state index contributed by atoms with van der Waals surface area (Å²) in [4.78, 5) is 23.5. The van der Waals surface area contributed by atoms with Gasteiger partial charge in [0.05, 0.1) is 22.8 Å². The molecule has 25 heavy (non-hydrogen) atoms. The van der Waals surface area contributed by atoms with Crippen molar-refractivity contribution < 1.29 is 4.79 Å². The Labute approximate surface area is 158 Å². The number of aromatic nitrogens is 2. The lowest BCUT2D eigenvalue weighted by molar-refractivity contribution is 0.102. The molecule has 0 atom stereocenters. The van der Waals surface area contributed by atoms with E-state index in [4.69, 9.17) is 0 Å². The average Bonchev–Trinajstić information content (AvgIpc) is 3.01. The number of anilines is 2. The summed E-state index contributed by atoms with van der Waals surface area (Å²) >= 11 is 5.00. The molecule has 0 aliphatic rings. The molecule has 128 valence electrons. The fourth-order valence-corrected chi connectivity index (χ4v) is 3.28. The number of aryl methyl sites for hydroxylation is 1. The van der Waals surface area contributed by atoms with Crippen molar-refractivity contribution in [1.29, 1.82) is 0 Å². The highest BCUT2D eigenvalue weighted by Crippen LogP contribution is 2.21. The van der Waals surface area contributed by atoms with Gasteiger partial charge in [0.2, 0.25) is 0 Å². The Balaban J connectivity index is 1.79.